The van der Waals surface area contributed by atoms with Crippen molar-refractivity contribution in [2.45, 2.75) is 6.92 Å². The average molecular weight is 385 g/mol. The Labute approximate surface area is 168 Å². The first-order valence-corrected chi connectivity index (χ1v) is 9.30. The molecule has 29 heavy (non-hydrogen) atoms. The van der Waals surface area contributed by atoms with E-state index in [-0.39, 0.29) is 11.6 Å². The van der Waals surface area contributed by atoms with E-state index in [4.69, 9.17) is 14.2 Å². The zero-order valence-electron chi connectivity index (χ0n) is 15.9. The number of ether oxygens (including phenoxy) is 3. The van der Waals surface area contributed by atoms with Crippen molar-refractivity contribution in [2.24, 2.45) is 4.99 Å². The van der Waals surface area contributed by atoms with Gasteiger partial charge in [0.2, 0.25) is 5.90 Å². The summed E-state index contributed by atoms with van der Waals surface area (Å²) in [4.78, 5) is 16.7. The Kier molecular flexibility index (Phi) is 5.38. The maximum atomic E-state index is 12.3. The smallest absolute Gasteiger partial charge is 0.363 e. The van der Waals surface area contributed by atoms with Gasteiger partial charge in [-0.2, -0.15) is 0 Å². The lowest BCUT2D eigenvalue weighted by molar-refractivity contribution is -0.129. The van der Waals surface area contributed by atoms with Gasteiger partial charge in [-0.15, -0.1) is 0 Å². The number of aliphatic imine (C=N–C) groups is 1. The minimum Gasteiger partial charge on any atom is -0.493 e. The van der Waals surface area contributed by atoms with Gasteiger partial charge in [0.05, 0.1) is 12.2 Å². The quantitative estimate of drug-likeness (QED) is 0.431. The van der Waals surface area contributed by atoms with Gasteiger partial charge in [0.25, 0.3) is 0 Å². The standard InChI is InChI=1S/C24H19NO4/c1-2-27-22-14-7-6-13-20(22)23-25-21(24(26)29-23)16-17-9-8-12-19(15-17)28-18-10-4-3-5-11-18/h3-16H,2H2,1H3. The molecule has 5 heteroatoms. The van der Waals surface area contributed by atoms with E-state index in [1.807, 2.05) is 85.8 Å². The lowest BCUT2D eigenvalue weighted by atomic mass is 10.2. The molecule has 0 aliphatic carbocycles. The van der Waals surface area contributed by atoms with Crippen LogP contribution in [0.2, 0.25) is 0 Å². The third kappa shape index (κ3) is 4.35. The Morgan fingerprint density at radius 2 is 1.69 bits per heavy atom. The zero-order valence-corrected chi connectivity index (χ0v) is 15.9. The SMILES string of the molecule is CCOc1ccccc1C1=NC(=Cc2cccc(Oc3ccccc3)c2)C(=O)O1. The lowest BCUT2D eigenvalue weighted by Gasteiger charge is -2.08. The van der Waals surface area contributed by atoms with E-state index in [1.54, 1.807) is 6.08 Å². The number of carbonyl (C=O) groups excluding carboxylic acids is 1. The number of hydrogen-bond acceptors (Lipinski definition) is 5. The molecule has 0 unspecified atom stereocenters. The highest BCUT2D eigenvalue weighted by Gasteiger charge is 2.26. The zero-order chi connectivity index (χ0) is 20.1. The Balaban J connectivity index is 1.60. The van der Waals surface area contributed by atoms with Gasteiger partial charge in [0, 0.05) is 0 Å². The summed E-state index contributed by atoms with van der Waals surface area (Å²) in [5.74, 6) is 1.77. The van der Waals surface area contributed by atoms with Crippen molar-refractivity contribution in [3.05, 3.63) is 95.7 Å². The van der Waals surface area contributed by atoms with Crippen LogP contribution in [0.3, 0.4) is 0 Å². The van der Waals surface area contributed by atoms with Crippen molar-refractivity contribution >= 4 is 17.9 Å². The number of para-hydroxylation sites is 2. The highest BCUT2D eigenvalue weighted by molar-refractivity contribution is 6.13. The van der Waals surface area contributed by atoms with Gasteiger partial charge in [-0.25, -0.2) is 9.79 Å². The first-order chi connectivity index (χ1) is 14.2. The van der Waals surface area contributed by atoms with Crippen LogP contribution in [0.25, 0.3) is 6.08 Å². The van der Waals surface area contributed by atoms with Crippen molar-refractivity contribution in [1.29, 1.82) is 0 Å². The van der Waals surface area contributed by atoms with Gasteiger partial charge < -0.3 is 14.2 Å². The van der Waals surface area contributed by atoms with Gasteiger partial charge in [-0.05, 0) is 55.0 Å². The summed E-state index contributed by atoms with van der Waals surface area (Å²) in [5, 5.41) is 0. The molecule has 1 heterocycles. The molecule has 1 aliphatic rings. The summed E-state index contributed by atoms with van der Waals surface area (Å²) in [6.45, 7) is 2.41. The molecule has 0 N–H and O–H groups in total. The number of cyclic esters (lactones) is 1. The third-order valence-corrected chi connectivity index (χ3v) is 4.18. The van der Waals surface area contributed by atoms with E-state index >= 15 is 0 Å². The number of hydrogen-bond donors (Lipinski definition) is 0. The fraction of sp³-hybridized carbons (Fsp3) is 0.0833. The van der Waals surface area contributed by atoms with E-state index in [2.05, 4.69) is 4.99 Å². The third-order valence-electron chi connectivity index (χ3n) is 4.18. The van der Waals surface area contributed by atoms with E-state index in [0.717, 1.165) is 11.3 Å². The molecule has 0 radical (unpaired) electrons. The molecule has 0 saturated heterocycles. The van der Waals surface area contributed by atoms with Crippen LogP contribution < -0.4 is 9.47 Å². The molecule has 0 bridgehead atoms. The molecular weight excluding hydrogens is 366 g/mol. The van der Waals surface area contributed by atoms with Crippen LogP contribution >= 0.6 is 0 Å². The number of esters is 1. The summed E-state index contributed by atoms with van der Waals surface area (Å²) < 4.78 is 16.8. The van der Waals surface area contributed by atoms with Crippen molar-refractivity contribution in [3.8, 4) is 17.2 Å². The number of nitrogens with zero attached hydrogens (tertiary/aromatic N) is 1. The molecule has 3 aromatic rings. The predicted molar refractivity (Wildman–Crippen MR) is 111 cm³/mol. The van der Waals surface area contributed by atoms with Crippen LogP contribution in [0.4, 0.5) is 0 Å². The second kappa shape index (κ2) is 8.44. The summed E-state index contributed by atoms with van der Waals surface area (Å²) in [6.07, 6.45) is 1.68. The molecule has 0 amide bonds. The largest absolute Gasteiger partial charge is 0.493 e. The van der Waals surface area contributed by atoms with Gasteiger partial charge in [-0.1, -0.05) is 42.5 Å². The monoisotopic (exact) mass is 385 g/mol. The first kappa shape index (κ1) is 18.5. The molecule has 0 spiro atoms. The van der Waals surface area contributed by atoms with E-state index in [1.165, 1.54) is 0 Å². The predicted octanol–water partition coefficient (Wildman–Crippen LogP) is 5.22. The number of rotatable bonds is 6. The van der Waals surface area contributed by atoms with Crippen molar-refractivity contribution < 1.29 is 19.0 Å². The van der Waals surface area contributed by atoms with Gasteiger partial charge in [0.1, 0.15) is 17.2 Å². The Morgan fingerprint density at radius 3 is 2.52 bits per heavy atom. The summed E-state index contributed by atoms with van der Waals surface area (Å²) in [6, 6.07) is 24.3. The molecule has 144 valence electrons. The Hall–Kier alpha value is -3.86. The summed E-state index contributed by atoms with van der Waals surface area (Å²) in [5.41, 5.74) is 1.66. The fourth-order valence-electron chi connectivity index (χ4n) is 2.90. The number of benzene rings is 3. The van der Waals surface area contributed by atoms with E-state index < -0.39 is 5.97 Å². The van der Waals surface area contributed by atoms with Crippen LogP contribution in [0.15, 0.2) is 89.6 Å². The number of carbonyl (C=O) groups is 1. The normalized spacial score (nSPS) is 14.4. The topological polar surface area (TPSA) is 57.1 Å². The van der Waals surface area contributed by atoms with Crippen molar-refractivity contribution in [3.63, 3.8) is 0 Å². The van der Waals surface area contributed by atoms with E-state index in [0.29, 0.717) is 23.7 Å². The van der Waals surface area contributed by atoms with Crippen LogP contribution in [-0.4, -0.2) is 18.5 Å². The van der Waals surface area contributed by atoms with Crippen LogP contribution in [0.5, 0.6) is 17.2 Å². The second-order valence-electron chi connectivity index (χ2n) is 6.25. The Morgan fingerprint density at radius 1 is 0.931 bits per heavy atom. The second-order valence-corrected chi connectivity index (χ2v) is 6.25. The van der Waals surface area contributed by atoms with Gasteiger partial charge in [-0.3, -0.25) is 0 Å². The highest BCUT2D eigenvalue weighted by Crippen LogP contribution is 2.27. The molecule has 4 rings (SSSR count). The van der Waals surface area contributed by atoms with Crippen LogP contribution in [0.1, 0.15) is 18.1 Å². The van der Waals surface area contributed by atoms with Gasteiger partial charge >= 0.3 is 5.97 Å². The average Bonchev–Trinajstić information content (AvgIpc) is 3.10. The Bertz CT molecular complexity index is 1090. The fourth-order valence-corrected chi connectivity index (χ4v) is 2.90. The lowest BCUT2D eigenvalue weighted by Crippen LogP contribution is -2.07. The van der Waals surface area contributed by atoms with Crippen molar-refractivity contribution in [2.75, 3.05) is 6.61 Å². The minimum absolute atomic E-state index is 0.225. The molecular formula is C24H19NO4. The maximum absolute atomic E-state index is 12.3. The molecule has 0 saturated carbocycles. The summed E-state index contributed by atoms with van der Waals surface area (Å²) in [7, 11) is 0. The molecule has 0 fully saturated rings. The summed E-state index contributed by atoms with van der Waals surface area (Å²) >= 11 is 0. The molecule has 0 atom stereocenters. The minimum atomic E-state index is -0.499. The molecule has 3 aromatic carbocycles. The van der Waals surface area contributed by atoms with Crippen LogP contribution in [0, 0.1) is 0 Å². The maximum Gasteiger partial charge on any atom is 0.363 e. The molecule has 1 aliphatic heterocycles. The first-order valence-electron chi connectivity index (χ1n) is 9.30. The van der Waals surface area contributed by atoms with Gasteiger partial charge in [0.15, 0.2) is 5.70 Å². The van der Waals surface area contributed by atoms with E-state index in [9.17, 15) is 4.79 Å². The molecule has 0 aromatic heterocycles. The molecule has 5 nitrogen and oxygen atoms in total. The van der Waals surface area contributed by atoms with Crippen molar-refractivity contribution in [1.82, 2.24) is 0 Å². The van der Waals surface area contributed by atoms with Crippen LogP contribution in [-0.2, 0) is 9.53 Å². The highest BCUT2D eigenvalue weighted by atomic mass is 16.6.